The number of nitrogens with zero attached hydrogens (tertiary/aromatic N) is 2. The summed E-state index contributed by atoms with van der Waals surface area (Å²) >= 11 is 5.72. The Morgan fingerprint density at radius 2 is 2.35 bits per heavy atom. The highest BCUT2D eigenvalue weighted by Gasteiger charge is 2.27. The van der Waals surface area contributed by atoms with Crippen LogP contribution in [0.15, 0.2) is 18.3 Å². The standard InChI is InChI=1S/C14H19ClN2O3/c1-19-6-7-20-10-11-4-5-17(9-11)14(18)12-2-3-13(15)16-8-12/h2-3,8,11H,4-7,9-10H2,1H3/t11-/m1/s1. The molecule has 0 bridgehead atoms. The highest BCUT2D eigenvalue weighted by atomic mass is 35.5. The lowest BCUT2D eigenvalue weighted by Crippen LogP contribution is -2.29. The number of pyridine rings is 1. The molecular weight excluding hydrogens is 280 g/mol. The van der Waals surface area contributed by atoms with Crippen LogP contribution in [0.3, 0.4) is 0 Å². The molecule has 6 heteroatoms. The van der Waals surface area contributed by atoms with Gasteiger partial charge >= 0.3 is 0 Å². The van der Waals surface area contributed by atoms with Crippen molar-refractivity contribution < 1.29 is 14.3 Å². The van der Waals surface area contributed by atoms with Gasteiger partial charge in [-0.15, -0.1) is 0 Å². The monoisotopic (exact) mass is 298 g/mol. The molecule has 0 aliphatic carbocycles. The molecule has 0 spiro atoms. The third kappa shape index (κ3) is 4.16. The lowest BCUT2D eigenvalue weighted by atomic mass is 10.1. The Kier molecular flexibility index (Phi) is 5.76. The molecule has 5 nitrogen and oxygen atoms in total. The van der Waals surface area contributed by atoms with E-state index < -0.39 is 0 Å². The number of amides is 1. The van der Waals surface area contributed by atoms with Gasteiger partial charge in [0.25, 0.3) is 5.91 Å². The fourth-order valence-electron chi connectivity index (χ4n) is 2.23. The summed E-state index contributed by atoms with van der Waals surface area (Å²) in [4.78, 5) is 18.0. The number of carbonyl (C=O) groups excluding carboxylic acids is 1. The van der Waals surface area contributed by atoms with Gasteiger partial charge in [-0.25, -0.2) is 4.98 Å². The summed E-state index contributed by atoms with van der Waals surface area (Å²) < 4.78 is 10.4. The molecule has 1 amide bonds. The first-order valence-electron chi connectivity index (χ1n) is 6.68. The quantitative estimate of drug-likeness (QED) is 0.594. The number of halogens is 1. The zero-order valence-electron chi connectivity index (χ0n) is 11.5. The Morgan fingerprint density at radius 1 is 1.50 bits per heavy atom. The minimum Gasteiger partial charge on any atom is -0.382 e. The molecule has 1 aliphatic rings. The first-order chi connectivity index (χ1) is 9.70. The predicted octanol–water partition coefficient (Wildman–Crippen LogP) is 1.86. The summed E-state index contributed by atoms with van der Waals surface area (Å²) in [6, 6.07) is 3.34. The van der Waals surface area contributed by atoms with Crippen molar-refractivity contribution in [3.8, 4) is 0 Å². The van der Waals surface area contributed by atoms with E-state index in [0.29, 0.717) is 36.5 Å². The van der Waals surface area contributed by atoms with Gasteiger partial charge in [0.15, 0.2) is 0 Å². The molecule has 1 aromatic heterocycles. The van der Waals surface area contributed by atoms with Gasteiger partial charge in [0.2, 0.25) is 0 Å². The summed E-state index contributed by atoms with van der Waals surface area (Å²) in [7, 11) is 1.65. The van der Waals surface area contributed by atoms with E-state index >= 15 is 0 Å². The molecule has 2 rings (SSSR count). The Hall–Kier alpha value is -1.17. The van der Waals surface area contributed by atoms with Crippen LogP contribution in [0.2, 0.25) is 5.15 Å². The highest BCUT2D eigenvalue weighted by Crippen LogP contribution is 2.19. The molecule has 1 saturated heterocycles. The normalized spacial score (nSPS) is 18.5. The fraction of sp³-hybridized carbons (Fsp3) is 0.571. The van der Waals surface area contributed by atoms with Gasteiger partial charge < -0.3 is 14.4 Å². The molecule has 1 atom stereocenters. The van der Waals surface area contributed by atoms with Crippen LogP contribution in [0.25, 0.3) is 0 Å². The summed E-state index contributed by atoms with van der Waals surface area (Å²) in [6.45, 7) is 3.37. The van der Waals surface area contributed by atoms with Crippen molar-refractivity contribution in [3.63, 3.8) is 0 Å². The summed E-state index contributed by atoms with van der Waals surface area (Å²) in [5.74, 6) is 0.407. The van der Waals surface area contributed by atoms with Gasteiger partial charge in [0, 0.05) is 32.3 Å². The van der Waals surface area contributed by atoms with Crippen LogP contribution in [0.1, 0.15) is 16.8 Å². The predicted molar refractivity (Wildman–Crippen MR) is 76.0 cm³/mol. The van der Waals surface area contributed by atoms with E-state index in [4.69, 9.17) is 21.1 Å². The van der Waals surface area contributed by atoms with Crippen LogP contribution in [0.5, 0.6) is 0 Å². The third-order valence-electron chi connectivity index (χ3n) is 3.33. The molecule has 0 N–H and O–H groups in total. The van der Waals surface area contributed by atoms with E-state index in [-0.39, 0.29) is 5.91 Å². The van der Waals surface area contributed by atoms with E-state index in [2.05, 4.69) is 4.98 Å². The van der Waals surface area contributed by atoms with Gasteiger partial charge in [-0.05, 0) is 18.6 Å². The number of methoxy groups -OCH3 is 1. The second-order valence-electron chi connectivity index (χ2n) is 4.84. The Bertz CT molecular complexity index is 439. The van der Waals surface area contributed by atoms with E-state index in [1.165, 1.54) is 6.20 Å². The number of likely N-dealkylation sites (tertiary alicyclic amines) is 1. The third-order valence-corrected chi connectivity index (χ3v) is 3.56. The van der Waals surface area contributed by atoms with Crippen LogP contribution >= 0.6 is 11.6 Å². The molecule has 0 unspecified atom stereocenters. The minimum atomic E-state index is 0.00792. The minimum absolute atomic E-state index is 0.00792. The van der Waals surface area contributed by atoms with Crippen molar-refractivity contribution in [1.82, 2.24) is 9.88 Å². The molecule has 1 fully saturated rings. The van der Waals surface area contributed by atoms with Crippen molar-refractivity contribution in [2.45, 2.75) is 6.42 Å². The van der Waals surface area contributed by atoms with Gasteiger partial charge in [-0.1, -0.05) is 11.6 Å². The maximum Gasteiger partial charge on any atom is 0.255 e. The second kappa shape index (κ2) is 7.57. The van der Waals surface area contributed by atoms with E-state index in [1.54, 1.807) is 19.2 Å². The van der Waals surface area contributed by atoms with E-state index in [9.17, 15) is 4.79 Å². The Morgan fingerprint density at radius 3 is 3.05 bits per heavy atom. The van der Waals surface area contributed by atoms with Crippen molar-refractivity contribution in [1.29, 1.82) is 0 Å². The van der Waals surface area contributed by atoms with Gasteiger partial charge in [-0.2, -0.15) is 0 Å². The number of aromatic nitrogens is 1. The molecule has 0 saturated carbocycles. The van der Waals surface area contributed by atoms with Gasteiger partial charge in [0.1, 0.15) is 5.15 Å². The number of hydrogen-bond acceptors (Lipinski definition) is 4. The number of ether oxygens (including phenoxy) is 2. The summed E-state index contributed by atoms with van der Waals surface area (Å²) in [5, 5.41) is 0.396. The summed E-state index contributed by atoms with van der Waals surface area (Å²) in [6.07, 6.45) is 2.49. The van der Waals surface area contributed by atoms with Crippen LogP contribution in [0, 0.1) is 5.92 Å². The van der Waals surface area contributed by atoms with Gasteiger partial charge in [-0.3, -0.25) is 4.79 Å². The van der Waals surface area contributed by atoms with Crippen LogP contribution in [-0.2, 0) is 9.47 Å². The lowest BCUT2D eigenvalue weighted by molar-refractivity contribution is 0.0515. The van der Waals surface area contributed by atoms with Crippen molar-refractivity contribution >= 4 is 17.5 Å². The average molecular weight is 299 g/mol. The number of hydrogen-bond donors (Lipinski definition) is 0. The zero-order chi connectivity index (χ0) is 14.4. The molecule has 0 radical (unpaired) electrons. The lowest BCUT2D eigenvalue weighted by Gasteiger charge is -2.16. The maximum absolute atomic E-state index is 12.3. The van der Waals surface area contributed by atoms with Crippen LogP contribution in [0.4, 0.5) is 0 Å². The smallest absolute Gasteiger partial charge is 0.255 e. The average Bonchev–Trinajstić information content (AvgIpc) is 2.92. The largest absolute Gasteiger partial charge is 0.382 e. The van der Waals surface area contributed by atoms with E-state index in [0.717, 1.165) is 19.5 Å². The van der Waals surface area contributed by atoms with E-state index in [1.807, 2.05) is 4.90 Å². The zero-order valence-corrected chi connectivity index (χ0v) is 12.3. The number of carbonyl (C=O) groups is 1. The first kappa shape index (κ1) is 15.2. The molecule has 20 heavy (non-hydrogen) atoms. The van der Waals surface area contributed by atoms with Crippen molar-refractivity contribution in [2.24, 2.45) is 5.92 Å². The molecule has 1 aliphatic heterocycles. The SMILES string of the molecule is COCCOC[C@@H]1CCN(C(=O)c2ccc(Cl)nc2)C1. The maximum atomic E-state index is 12.3. The molecule has 2 heterocycles. The summed E-state index contributed by atoms with van der Waals surface area (Å²) in [5.41, 5.74) is 0.579. The Labute approximate surface area is 123 Å². The van der Waals surface area contributed by atoms with Crippen LogP contribution < -0.4 is 0 Å². The second-order valence-corrected chi connectivity index (χ2v) is 5.23. The van der Waals surface area contributed by atoms with Gasteiger partial charge in [0.05, 0.1) is 25.4 Å². The molecular formula is C14H19ClN2O3. The molecule has 110 valence electrons. The van der Waals surface area contributed by atoms with Crippen LogP contribution in [-0.4, -0.2) is 55.8 Å². The molecule has 0 aromatic carbocycles. The topological polar surface area (TPSA) is 51.7 Å². The highest BCUT2D eigenvalue weighted by molar-refractivity contribution is 6.29. The van der Waals surface area contributed by atoms with Crippen molar-refractivity contribution in [2.75, 3.05) is 40.0 Å². The number of rotatable bonds is 6. The Balaban J connectivity index is 1.80. The first-order valence-corrected chi connectivity index (χ1v) is 7.06. The molecule has 1 aromatic rings. The fourth-order valence-corrected chi connectivity index (χ4v) is 2.34. The van der Waals surface area contributed by atoms with Crippen molar-refractivity contribution in [3.05, 3.63) is 29.0 Å².